The zero-order valence-corrected chi connectivity index (χ0v) is 24.8. The molecule has 1 saturated heterocycles. The van der Waals surface area contributed by atoms with Crippen LogP contribution in [0.4, 0.5) is 4.39 Å². The number of rotatable bonds is 9. The highest BCUT2D eigenvalue weighted by molar-refractivity contribution is 14.1. The largest absolute Gasteiger partial charge is 0.496 e. The number of hydrogen-bond acceptors (Lipinski definition) is 5. The Kier molecular flexibility index (Phi) is 8.52. The lowest BCUT2D eigenvalue weighted by Gasteiger charge is -2.38. The van der Waals surface area contributed by atoms with Gasteiger partial charge in [0.2, 0.25) is 5.91 Å². The van der Waals surface area contributed by atoms with Gasteiger partial charge in [0.25, 0.3) is 11.5 Å². The molecule has 0 spiro atoms. The van der Waals surface area contributed by atoms with Crippen molar-refractivity contribution in [2.45, 2.75) is 32.5 Å². The van der Waals surface area contributed by atoms with Gasteiger partial charge in [0.1, 0.15) is 11.6 Å². The average Bonchev–Trinajstić information content (AvgIpc) is 3.33. The molecule has 2 amide bonds. The van der Waals surface area contributed by atoms with Crippen LogP contribution in [-0.2, 0) is 24.4 Å². The highest BCUT2D eigenvalue weighted by atomic mass is 127. The van der Waals surface area contributed by atoms with E-state index in [1.165, 1.54) is 26.2 Å². The van der Waals surface area contributed by atoms with Crippen LogP contribution in [0.15, 0.2) is 71.8 Å². The molecule has 9 nitrogen and oxygen atoms in total. The first kappa shape index (κ1) is 28.5. The van der Waals surface area contributed by atoms with Gasteiger partial charge in [-0.25, -0.2) is 4.39 Å². The molecular weight excluding hydrogens is 640 g/mol. The van der Waals surface area contributed by atoms with Crippen LogP contribution in [0.5, 0.6) is 5.75 Å². The molecule has 0 bridgehead atoms. The van der Waals surface area contributed by atoms with Gasteiger partial charge in [0.05, 0.1) is 35.0 Å². The highest BCUT2D eigenvalue weighted by Gasteiger charge is 2.35. The number of hydrogen-bond donors (Lipinski definition) is 1. The van der Waals surface area contributed by atoms with Gasteiger partial charge in [-0.2, -0.15) is 5.10 Å². The second-order valence-corrected chi connectivity index (χ2v) is 11.0. The molecular formula is C30H29FIN5O4. The topological polar surface area (TPSA) is 98.5 Å². The minimum absolute atomic E-state index is 0.0129. The zero-order valence-electron chi connectivity index (χ0n) is 22.6. The SMILES string of the molecule is COc1ccc(F)c(CNC(=O)c2cn(Cc3ccc(Cn4ccccc4=O)cc3)nc2C2CN(C(C)=O)C2)c1I. The minimum Gasteiger partial charge on any atom is -0.496 e. The number of pyridine rings is 1. The van der Waals surface area contributed by atoms with E-state index in [0.29, 0.717) is 52.3 Å². The minimum atomic E-state index is -0.428. The molecule has 3 heterocycles. The van der Waals surface area contributed by atoms with E-state index in [1.807, 2.05) is 52.9 Å². The van der Waals surface area contributed by atoms with Crippen LogP contribution in [0.2, 0.25) is 0 Å². The Balaban J connectivity index is 1.34. The number of carbonyl (C=O) groups excluding carboxylic acids is 2. The molecule has 41 heavy (non-hydrogen) atoms. The molecule has 1 aliphatic rings. The van der Waals surface area contributed by atoms with Crippen molar-refractivity contribution in [2.24, 2.45) is 0 Å². The van der Waals surface area contributed by atoms with Gasteiger partial charge in [0, 0.05) is 56.5 Å². The third-order valence-corrected chi connectivity index (χ3v) is 8.35. The van der Waals surface area contributed by atoms with Crippen LogP contribution in [-0.4, -0.2) is 51.3 Å². The Morgan fingerprint density at radius 2 is 1.78 bits per heavy atom. The van der Waals surface area contributed by atoms with E-state index in [9.17, 15) is 18.8 Å². The molecule has 0 unspecified atom stereocenters. The van der Waals surface area contributed by atoms with E-state index in [-0.39, 0.29) is 29.8 Å². The van der Waals surface area contributed by atoms with Crippen LogP contribution in [0, 0.1) is 9.39 Å². The summed E-state index contributed by atoms with van der Waals surface area (Å²) in [6.45, 7) is 3.38. The number of halogens is 2. The number of likely N-dealkylation sites (tertiary alicyclic amines) is 1. The lowest BCUT2D eigenvalue weighted by molar-refractivity contribution is -0.133. The molecule has 11 heteroatoms. The molecule has 1 fully saturated rings. The molecule has 0 radical (unpaired) electrons. The van der Waals surface area contributed by atoms with Crippen LogP contribution in [0.25, 0.3) is 0 Å². The molecule has 4 aromatic rings. The number of carbonyl (C=O) groups is 2. The number of nitrogens with one attached hydrogen (secondary N) is 1. The summed E-state index contributed by atoms with van der Waals surface area (Å²) in [6.07, 6.45) is 3.46. The molecule has 0 atom stereocenters. The van der Waals surface area contributed by atoms with E-state index in [4.69, 9.17) is 9.84 Å². The quantitative estimate of drug-likeness (QED) is 0.274. The summed E-state index contributed by atoms with van der Waals surface area (Å²) < 4.78 is 23.8. The molecule has 0 aliphatic carbocycles. The fraction of sp³-hybridized carbons (Fsp3) is 0.267. The van der Waals surface area contributed by atoms with Crippen molar-refractivity contribution in [2.75, 3.05) is 20.2 Å². The third-order valence-electron chi connectivity index (χ3n) is 7.16. The maximum absolute atomic E-state index is 14.5. The maximum Gasteiger partial charge on any atom is 0.255 e. The van der Waals surface area contributed by atoms with Crippen LogP contribution >= 0.6 is 22.6 Å². The number of methoxy groups -OCH3 is 1. The van der Waals surface area contributed by atoms with E-state index < -0.39 is 5.82 Å². The summed E-state index contributed by atoms with van der Waals surface area (Å²) in [6, 6.07) is 15.8. The Morgan fingerprint density at radius 1 is 1.07 bits per heavy atom. The molecule has 0 saturated carbocycles. The lowest BCUT2D eigenvalue weighted by Crippen LogP contribution is -2.48. The average molecular weight is 669 g/mol. The summed E-state index contributed by atoms with van der Waals surface area (Å²) >= 11 is 2.01. The van der Waals surface area contributed by atoms with Gasteiger partial charge < -0.3 is 19.5 Å². The van der Waals surface area contributed by atoms with E-state index in [2.05, 4.69) is 5.32 Å². The van der Waals surface area contributed by atoms with Crippen molar-refractivity contribution >= 4 is 34.4 Å². The predicted octanol–water partition coefficient (Wildman–Crippen LogP) is 3.77. The summed E-state index contributed by atoms with van der Waals surface area (Å²) in [5.41, 5.74) is 3.26. The molecule has 1 aliphatic heterocycles. The molecule has 2 aromatic heterocycles. The van der Waals surface area contributed by atoms with Gasteiger partial charge in [0.15, 0.2) is 0 Å². The lowest BCUT2D eigenvalue weighted by atomic mass is 9.93. The first-order valence-electron chi connectivity index (χ1n) is 13.1. The van der Waals surface area contributed by atoms with Crippen molar-refractivity contribution in [1.29, 1.82) is 0 Å². The molecule has 212 valence electrons. The summed E-state index contributed by atoms with van der Waals surface area (Å²) in [5.74, 6) is -0.351. The Labute approximate surface area is 250 Å². The summed E-state index contributed by atoms with van der Waals surface area (Å²) in [4.78, 5) is 38.8. The highest BCUT2D eigenvalue weighted by Crippen LogP contribution is 2.30. The first-order chi connectivity index (χ1) is 19.7. The van der Waals surface area contributed by atoms with E-state index >= 15 is 0 Å². The normalized spacial score (nSPS) is 13.1. The number of nitrogens with zero attached hydrogens (tertiary/aromatic N) is 4. The Morgan fingerprint density at radius 3 is 2.44 bits per heavy atom. The third kappa shape index (κ3) is 6.34. The molecule has 1 N–H and O–H groups in total. The number of benzene rings is 2. The number of aromatic nitrogens is 3. The predicted molar refractivity (Wildman–Crippen MR) is 159 cm³/mol. The Bertz CT molecular complexity index is 1640. The van der Waals surface area contributed by atoms with Crippen molar-refractivity contribution < 1.29 is 18.7 Å². The van der Waals surface area contributed by atoms with Gasteiger partial charge >= 0.3 is 0 Å². The van der Waals surface area contributed by atoms with Crippen molar-refractivity contribution in [3.8, 4) is 5.75 Å². The second-order valence-electron chi connectivity index (χ2n) is 9.95. The standard InChI is InChI=1S/C30H29FIN5O4/c1-19(38)36-16-22(17-36)29-24(30(40)33-13-23-25(31)10-11-26(41-2)28(23)32)18-37(34-29)15-21-8-6-20(7-9-21)14-35-12-4-3-5-27(35)39/h3-12,18,22H,13-17H2,1-2H3,(H,33,40). The van der Waals surface area contributed by atoms with Gasteiger partial charge in [-0.1, -0.05) is 30.3 Å². The van der Waals surface area contributed by atoms with Crippen molar-refractivity contribution in [3.63, 3.8) is 0 Å². The van der Waals surface area contributed by atoms with Gasteiger partial charge in [-0.3, -0.25) is 19.1 Å². The fourth-order valence-electron chi connectivity index (χ4n) is 4.79. The number of amides is 2. The van der Waals surface area contributed by atoms with Crippen LogP contribution in [0.3, 0.4) is 0 Å². The fourth-order valence-corrected chi connectivity index (χ4v) is 5.64. The smallest absolute Gasteiger partial charge is 0.255 e. The summed E-state index contributed by atoms with van der Waals surface area (Å²) in [7, 11) is 1.51. The molecule has 2 aromatic carbocycles. The van der Waals surface area contributed by atoms with Crippen molar-refractivity contribution in [3.05, 3.63) is 115 Å². The zero-order chi connectivity index (χ0) is 29.1. The second kappa shape index (κ2) is 12.2. The Hall–Kier alpha value is -4.00. The van der Waals surface area contributed by atoms with Crippen LogP contribution < -0.4 is 15.6 Å². The van der Waals surface area contributed by atoms with Gasteiger partial charge in [-0.15, -0.1) is 0 Å². The number of ether oxygens (including phenoxy) is 1. The molecule has 5 rings (SSSR count). The van der Waals surface area contributed by atoms with E-state index in [0.717, 1.165) is 11.1 Å². The monoisotopic (exact) mass is 669 g/mol. The maximum atomic E-state index is 14.5. The first-order valence-corrected chi connectivity index (χ1v) is 14.2. The van der Waals surface area contributed by atoms with E-state index in [1.54, 1.807) is 38.7 Å². The van der Waals surface area contributed by atoms with Crippen molar-refractivity contribution in [1.82, 2.24) is 24.6 Å². The van der Waals surface area contributed by atoms with Gasteiger partial charge in [-0.05, 0) is 51.9 Å². The summed E-state index contributed by atoms with van der Waals surface area (Å²) in [5, 5.41) is 7.58. The van der Waals surface area contributed by atoms with Crippen LogP contribution in [0.1, 0.15) is 45.6 Å².